The number of hydrogen-bond donors (Lipinski definition) is 1. The van der Waals surface area contributed by atoms with Gasteiger partial charge < -0.3 is 14.7 Å². The summed E-state index contributed by atoms with van der Waals surface area (Å²) >= 11 is 0. The zero-order valence-corrected chi connectivity index (χ0v) is 9.71. The largest absolute Gasteiger partial charge is 0.465 e. The second-order valence-electron chi connectivity index (χ2n) is 4.06. The lowest BCUT2D eigenvalue weighted by atomic mass is 10.1. The highest BCUT2D eigenvalue weighted by Crippen LogP contribution is 2.19. The van der Waals surface area contributed by atoms with Gasteiger partial charge in [0.2, 0.25) is 0 Å². The number of ether oxygens (including phenoxy) is 2. The predicted octanol–water partition coefficient (Wildman–Crippen LogP) is 2.59. The standard InChI is InChI=1S/C13H17NO3/c15-14-9-8-11-4-6-12(7-5-11)17-13-3-1-2-10-16-13/h4-7,9,13,15H,1-3,8,10H2. The lowest BCUT2D eigenvalue weighted by Gasteiger charge is -2.23. The number of benzene rings is 1. The molecular weight excluding hydrogens is 218 g/mol. The Morgan fingerprint density at radius 2 is 2.18 bits per heavy atom. The zero-order valence-electron chi connectivity index (χ0n) is 9.71. The summed E-state index contributed by atoms with van der Waals surface area (Å²) in [5.41, 5.74) is 1.08. The van der Waals surface area contributed by atoms with E-state index in [2.05, 4.69) is 5.16 Å². The van der Waals surface area contributed by atoms with Crippen molar-refractivity contribution < 1.29 is 14.7 Å². The Morgan fingerprint density at radius 3 is 2.82 bits per heavy atom. The van der Waals surface area contributed by atoms with Crippen molar-refractivity contribution in [2.24, 2.45) is 5.16 Å². The van der Waals surface area contributed by atoms with Crippen LogP contribution in [0.2, 0.25) is 0 Å². The monoisotopic (exact) mass is 235 g/mol. The Labute approximate surface area is 101 Å². The number of rotatable bonds is 4. The van der Waals surface area contributed by atoms with E-state index >= 15 is 0 Å². The van der Waals surface area contributed by atoms with E-state index in [0.29, 0.717) is 6.42 Å². The van der Waals surface area contributed by atoms with Gasteiger partial charge in [0.25, 0.3) is 0 Å². The van der Waals surface area contributed by atoms with Crippen molar-refractivity contribution in [2.75, 3.05) is 6.61 Å². The van der Waals surface area contributed by atoms with Gasteiger partial charge in [0.1, 0.15) is 5.75 Å². The average Bonchev–Trinajstić information content (AvgIpc) is 2.39. The van der Waals surface area contributed by atoms with Crippen molar-refractivity contribution in [3.05, 3.63) is 29.8 Å². The molecule has 1 N–H and O–H groups in total. The Morgan fingerprint density at radius 1 is 1.35 bits per heavy atom. The molecule has 1 aromatic rings. The van der Waals surface area contributed by atoms with Crippen LogP contribution in [0, 0.1) is 0 Å². The van der Waals surface area contributed by atoms with Gasteiger partial charge >= 0.3 is 0 Å². The molecule has 1 unspecified atom stereocenters. The second-order valence-corrected chi connectivity index (χ2v) is 4.06. The first-order chi connectivity index (χ1) is 8.38. The molecule has 0 amide bonds. The summed E-state index contributed by atoms with van der Waals surface area (Å²) in [7, 11) is 0. The maximum Gasteiger partial charge on any atom is 0.199 e. The molecule has 0 spiro atoms. The molecule has 4 nitrogen and oxygen atoms in total. The minimum Gasteiger partial charge on any atom is -0.465 e. The Balaban J connectivity index is 1.88. The van der Waals surface area contributed by atoms with Crippen LogP contribution in [0.3, 0.4) is 0 Å². The molecule has 1 fully saturated rings. The second kappa shape index (κ2) is 6.25. The smallest absolute Gasteiger partial charge is 0.199 e. The first kappa shape index (κ1) is 11.9. The molecule has 0 aromatic heterocycles. The average molecular weight is 235 g/mol. The van der Waals surface area contributed by atoms with Gasteiger partial charge in [-0.1, -0.05) is 12.1 Å². The molecule has 2 rings (SSSR count). The summed E-state index contributed by atoms with van der Waals surface area (Å²) in [5, 5.41) is 11.3. The molecule has 1 aromatic carbocycles. The molecule has 1 aliphatic heterocycles. The van der Waals surface area contributed by atoms with Crippen LogP contribution in [0.15, 0.2) is 29.4 Å². The van der Waals surface area contributed by atoms with Gasteiger partial charge in [0.15, 0.2) is 6.29 Å². The van der Waals surface area contributed by atoms with Gasteiger partial charge in [-0.2, -0.15) is 0 Å². The van der Waals surface area contributed by atoms with Crippen LogP contribution >= 0.6 is 0 Å². The fourth-order valence-electron chi connectivity index (χ4n) is 1.81. The van der Waals surface area contributed by atoms with Crippen LogP contribution < -0.4 is 4.74 Å². The molecular formula is C13H17NO3. The normalized spacial score (nSPS) is 20.6. The summed E-state index contributed by atoms with van der Waals surface area (Å²) < 4.78 is 11.2. The number of nitrogens with zero attached hydrogens (tertiary/aromatic N) is 1. The summed E-state index contributed by atoms with van der Waals surface area (Å²) in [6.45, 7) is 0.787. The Hall–Kier alpha value is -1.55. The maximum absolute atomic E-state index is 8.33. The highest BCUT2D eigenvalue weighted by Gasteiger charge is 2.14. The summed E-state index contributed by atoms with van der Waals surface area (Å²) in [6, 6.07) is 7.75. The third-order valence-corrected chi connectivity index (χ3v) is 2.74. The lowest BCUT2D eigenvalue weighted by Crippen LogP contribution is -2.24. The fraction of sp³-hybridized carbons (Fsp3) is 0.462. The van der Waals surface area contributed by atoms with Crippen LogP contribution in [0.25, 0.3) is 0 Å². The van der Waals surface area contributed by atoms with Gasteiger partial charge in [0.05, 0.1) is 6.61 Å². The van der Waals surface area contributed by atoms with E-state index < -0.39 is 0 Å². The molecule has 0 saturated carbocycles. The van der Waals surface area contributed by atoms with Gasteiger partial charge in [-0.25, -0.2) is 0 Å². The number of oxime groups is 1. The van der Waals surface area contributed by atoms with Crippen LogP contribution in [0.1, 0.15) is 24.8 Å². The van der Waals surface area contributed by atoms with E-state index in [-0.39, 0.29) is 6.29 Å². The molecule has 17 heavy (non-hydrogen) atoms. The molecule has 0 radical (unpaired) electrons. The predicted molar refractivity (Wildman–Crippen MR) is 64.6 cm³/mol. The SMILES string of the molecule is ON=CCc1ccc(OC2CCCCO2)cc1. The maximum atomic E-state index is 8.33. The summed E-state index contributed by atoms with van der Waals surface area (Å²) in [5.74, 6) is 0.821. The van der Waals surface area contributed by atoms with Crippen molar-refractivity contribution in [1.29, 1.82) is 0 Å². The van der Waals surface area contributed by atoms with Gasteiger partial charge in [-0.05, 0) is 30.5 Å². The molecule has 1 aliphatic rings. The fourth-order valence-corrected chi connectivity index (χ4v) is 1.81. The first-order valence-corrected chi connectivity index (χ1v) is 5.91. The summed E-state index contributed by atoms with van der Waals surface area (Å²) in [6.07, 6.45) is 5.22. The van der Waals surface area contributed by atoms with E-state index in [1.165, 1.54) is 6.21 Å². The first-order valence-electron chi connectivity index (χ1n) is 5.91. The van der Waals surface area contributed by atoms with Crippen molar-refractivity contribution in [2.45, 2.75) is 32.0 Å². The van der Waals surface area contributed by atoms with Gasteiger partial charge in [-0.3, -0.25) is 0 Å². The minimum atomic E-state index is -0.103. The highest BCUT2D eigenvalue weighted by atomic mass is 16.7. The molecule has 4 heteroatoms. The van der Waals surface area contributed by atoms with E-state index in [1.54, 1.807) is 0 Å². The van der Waals surface area contributed by atoms with Crippen molar-refractivity contribution in [3.8, 4) is 5.75 Å². The molecule has 1 heterocycles. The van der Waals surface area contributed by atoms with Crippen molar-refractivity contribution >= 4 is 6.21 Å². The molecule has 0 bridgehead atoms. The van der Waals surface area contributed by atoms with Crippen LogP contribution in [0.4, 0.5) is 0 Å². The number of hydrogen-bond acceptors (Lipinski definition) is 4. The minimum absolute atomic E-state index is 0.103. The van der Waals surface area contributed by atoms with E-state index in [9.17, 15) is 0 Å². The van der Waals surface area contributed by atoms with E-state index in [0.717, 1.165) is 37.2 Å². The Bertz CT molecular complexity index is 355. The molecule has 0 aliphatic carbocycles. The Kier molecular flexibility index (Phi) is 4.38. The van der Waals surface area contributed by atoms with E-state index in [4.69, 9.17) is 14.7 Å². The quantitative estimate of drug-likeness (QED) is 0.496. The molecule has 1 atom stereocenters. The highest BCUT2D eigenvalue weighted by molar-refractivity contribution is 5.60. The van der Waals surface area contributed by atoms with Crippen molar-refractivity contribution in [3.63, 3.8) is 0 Å². The van der Waals surface area contributed by atoms with E-state index in [1.807, 2.05) is 24.3 Å². The van der Waals surface area contributed by atoms with Gasteiger partial charge in [0, 0.05) is 19.1 Å². The van der Waals surface area contributed by atoms with Gasteiger partial charge in [-0.15, -0.1) is 5.16 Å². The third kappa shape index (κ3) is 3.75. The lowest BCUT2D eigenvalue weighted by molar-refractivity contribution is -0.105. The zero-order chi connectivity index (χ0) is 11.9. The van der Waals surface area contributed by atoms with Crippen molar-refractivity contribution in [1.82, 2.24) is 0 Å². The van der Waals surface area contributed by atoms with Crippen LogP contribution in [-0.4, -0.2) is 24.3 Å². The third-order valence-electron chi connectivity index (χ3n) is 2.74. The summed E-state index contributed by atoms with van der Waals surface area (Å²) in [4.78, 5) is 0. The molecule has 92 valence electrons. The topological polar surface area (TPSA) is 51.1 Å². The molecule has 1 saturated heterocycles. The van der Waals surface area contributed by atoms with Crippen LogP contribution in [-0.2, 0) is 11.2 Å². The van der Waals surface area contributed by atoms with Crippen LogP contribution in [0.5, 0.6) is 5.75 Å².